The third-order valence-corrected chi connectivity index (χ3v) is 3.40. The van der Waals surface area contributed by atoms with E-state index in [1.165, 1.54) is 11.9 Å². The van der Waals surface area contributed by atoms with Crippen LogP contribution in [0.2, 0.25) is 0 Å². The Bertz CT molecular complexity index is 791. The Hall–Kier alpha value is -2.78. The summed E-state index contributed by atoms with van der Waals surface area (Å²) in [7, 11) is 1.43. The number of pyridine rings is 1. The number of carbonyl (C=O) groups is 1. The molecule has 0 aliphatic heterocycles. The minimum atomic E-state index is -4.63. The predicted octanol–water partition coefficient (Wildman–Crippen LogP) is 2.66. The van der Waals surface area contributed by atoms with Crippen molar-refractivity contribution in [3.05, 3.63) is 45.2 Å². The zero-order valence-corrected chi connectivity index (χ0v) is 13.1. The number of aryl methyl sites for hydroxylation is 2. The molecule has 0 bridgehead atoms. The van der Waals surface area contributed by atoms with E-state index in [-0.39, 0.29) is 6.54 Å². The summed E-state index contributed by atoms with van der Waals surface area (Å²) in [6.45, 7) is 3.51. The molecule has 2 aromatic rings. The molecule has 0 aromatic carbocycles. The van der Waals surface area contributed by atoms with E-state index in [4.69, 9.17) is 4.52 Å². The van der Waals surface area contributed by atoms with Crippen LogP contribution in [0.1, 0.15) is 22.6 Å². The van der Waals surface area contributed by atoms with Crippen LogP contribution in [0.3, 0.4) is 0 Å². The fourth-order valence-corrected chi connectivity index (χ4v) is 1.99. The molecule has 24 heavy (non-hydrogen) atoms. The van der Waals surface area contributed by atoms with Crippen LogP contribution in [-0.2, 0) is 12.7 Å². The number of anilines is 1. The lowest BCUT2D eigenvalue weighted by molar-refractivity contribution is -0.137. The summed E-state index contributed by atoms with van der Waals surface area (Å²) < 4.78 is 43.0. The zero-order valence-electron chi connectivity index (χ0n) is 13.1. The first kappa shape index (κ1) is 17.6. The number of aromatic nitrogens is 2. The van der Waals surface area contributed by atoms with Crippen molar-refractivity contribution >= 4 is 11.7 Å². The van der Waals surface area contributed by atoms with Gasteiger partial charge in [0.25, 0.3) is 5.56 Å². The number of carbonyl (C=O) groups excluding carboxylic acids is 1. The van der Waals surface area contributed by atoms with Crippen molar-refractivity contribution in [3.8, 4) is 0 Å². The van der Waals surface area contributed by atoms with Crippen LogP contribution in [0.4, 0.5) is 23.7 Å². The molecular weight excluding hydrogens is 329 g/mol. The first-order valence-corrected chi connectivity index (χ1v) is 6.83. The summed E-state index contributed by atoms with van der Waals surface area (Å²) in [6.07, 6.45) is -4.09. The van der Waals surface area contributed by atoms with Crippen molar-refractivity contribution < 1.29 is 22.5 Å². The Labute approximate surface area is 134 Å². The van der Waals surface area contributed by atoms with Gasteiger partial charge in [0.1, 0.15) is 11.4 Å². The third kappa shape index (κ3) is 3.76. The average Bonchev–Trinajstić information content (AvgIpc) is 2.80. The molecule has 130 valence electrons. The second-order valence-electron chi connectivity index (χ2n) is 5.22. The van der Waals surface area contributed by atoms with Gasteiger partial charge in [-0.15, -0.1) is 0 Å². The molecule has 2 N–H and O–H groups in total. The Kier molecular flexibility index (Phi) is 4.67. The molecule has 2 heterocycles. The summed E-state index contributed by atoms with van der Waals surface area (Å²) in [4.78, 5) is 26.9. The van der Waals surface area contributed by atoms with Crippen LogP contribution in [0.25, 0.3) is 0 Å². The Morgan fingerprint density at radius 1 is 1.42 bits per heavy atom. The molecule has 7 nitrogen and oxygen atoms in total. The van der Waals surface area contributed by atoms with Crippen LogP contribution < -0.4 is 10.9 Å². The lowest BCUT2D eigenvalue weighted by Crippen LogP contribution is -2.33. The summed E-state index contributed by atoms with van der Waals surface area (Å²) in [5.74, 6) is 0.532. The number of halogens is 3. The minimum absolute atomic E-state index is 0.129. The second kappa shape index (κ2) is 6.38. The molecule has 0 atom stereocenters. The Morgan fingerprint density at radius 3 is 2.62 bits per heavy atom. The first-order chi connectivity index (χ1) is 11.1. The predicted molar refractivity (Wildman–Crippen MR) is 78.5 cm³/mol. The number of hydrogen-bond donors (Lipinski definition) is 2. The van der Waals surface area contributed by atoms with Gasteiger partial charge in [-0.05, 0) is 19.9 Å². The van der Waals surface area contributed by atoms with Crippen LogP contribution in [-0.4, -0.2) is 28.1 Å². The zero-order chi connectivity index (χ0) is 18.1. The molecule has 2 rings (SSSR count). The molecular formula is C14H15F3N4O3. The number of aromatic amines is 1. The quantitative estimate of drug-likeness (QED) is 0.895. The maximum atomic E-state index is 12.7. The van der Waals surface area contributed by atoms with Crippen molar-refractivity contribution in [2.24, 2.45) is 0 Å². The second-order valence-corrected chi connectivity index (χ2v) is 5.22. The van der Waals surface area contributed by atoms with Gasteiger partial charge in [0.15, 0.2) is 0 Å². The number of nitrogens with zero attached hydrogens (tertiary/aromatic N) is 2. The highest BCUT2D eigenvalue weighted by Crippen LogP contribution is 2.29. The van der Waals surface area contributed by atoms with Gasteiger partial charge in [-0.25, -0.2) is 4.79 Å². The van der Waals surface area contributed by atoms with Gasteiger partial charge in [0.2, 0.25) is 0 Å². The van der Waals surface area contributed by atoms with E-state index in [0.717, 1.165) is 0 Å². The van der Waals surface area contributed by atoms with Gasteiger partial charge in [-0.2, -0.15) is 13.2 Å². The Balaban J connectivity index is 2.16. The fraction of sp³-hybridized carbons (Fsp3) is 0.357. The standard InChI is InChI=1S/C14H15F3N4O3/c1-7-10(8(2)24-20-7)6-21(3)13(23)19-11-4-9(14(15,16)17)5-18-12(11)22/h4-5H,6H2,1-3H3,(H,18,22)(H,19,23). The van der Waals surface area contributed by atoms with Gasteiger partial charge in [-0.1, -0.05) is 5.16 Å². The van der Waals surface area contributed by atoms with Crippen molar-refractivity contribution in [2.75, 3.05) is 12.4 Å². The molecule has 0 aliphatic carbocycles. The number of H-pyrrole nitrogens is 1. The van der Waals surface area contributed by atoms with Crippen molar-refractivity contribution in [2.45, 2.75) is 26.6 Å². The van der Waals surface area contributed by atoms with Crippen LogP contribution in [0.15, 0.2) is 21.6 Å². The van der Waals surface area contributed by atoms with Gasteiger partial charge < -0.3 is 19.7 Å². The fourth-order valence-electron chi connectivity index (χ4n) is 1.99. The molecule has 0 saturated heterocycles. The summed E-state index contributed by atoms with van der Waals surface area (Å²) in [5.41, 5.74) is -1.09. The van der Waals surface area contributed by atoms with E-state index in [0.29, 0.717) is 29.3 Å². The molecule has 0 radical (unpaired) electrons. The minimum Gasteiger partial charge on any atom is -0.361 e. The van der Waals surface area contributed by atoms with Gasteiger partial charge in [0, 0.05) is 18.8 Å². The van der Waals surface area contributed by atoms with Gasteiger partial charge >= 0.3 is 12.2 Å². The maximum absolute atomic E-state index is 12.7. The first-order valence-electron chi connectivity index (χ1n) is 6.83. The topological polar surface area (TPSA) is 91.2 Å². The van der Waals surface area contributed by atoms with Crippen molar-refractivity contribution in [1.82, 2.24) is 15.0 Å². The van der Waals surface area contributed by atoms with E-state index >= 15 is 0 Å². The summed E-state index contributed by atoms with van der Waals surface area (Å²) in [5, 5.41) is 5.92. The van der Waals surface area contributed by atoms with Crippen molar-refractivity contribution in [3.63, 3.8) is 0 Å². The smallest absolute Gasteiger partial charge is 0.361 e. The monoisotopic (exact) mass is 344 g/mol. The van der Waals surface area contributed by atoms with E-state index in [9.17, 15) is 22.8 Å². The molecule has 0 saturated carbocycles. The number of urea groups is 1. The largest absolute Gasteiger partial charge is 0.417 e. The highest BCUT2D eigenvalue weighted by Gasteiger charge is 2.31. The van der Waals surface area contributed by atoms with E-state index < -0.39 is 29.0 Å². The molecule has 0 aliphatic rings. The van der Waals surface area contributed by atoms with Crippen molar-refractivity contribution in [1.29, 1.82) is 0 Å². The lowest BCUT2D eigenvalue weighted by Gasteiger charge is -2.18. The number of nitrogens with one attached hydrogen (secondary N) is 2. The highest BCUT2D eigenvalue weighted by atomic mass is 19.4. The molecule has 0 spiro atoms. The van der Waals surface area contributed by atoms with Gasteiger partial charge in [0.05, 0.1) is 17.8 Å². The summed E-state index contributed by atoms with van der Waals surface area (Å²) >= 11 is 0. The molecule has 2 amide bonds. The van der Waals surface area contributed by atoms with Crippen LogP contribution >= 0.6 is 0 Å². The SMILES string of the molecule is Cc1noc(C)c1CN(C)C(=O)Nc1cc(C(F)(F)F)c[nH]c1=O. The number of hydrogen-bond acceptors (Lipinski definition) is 4. The van der Waals surface area contributed by atoms with Crippen LogP contribution in [0.5, 0.6) is 0 Å². The van der Waals surface area contributed by atoms with E-state index in [1.807, 2.05) is 4.98 Å². The normalized spacial score (nSPS) is 11.4. The van der Waals surface area contributed by atoms with Crippen LogP contribution in [0, 0.1) is 13.8 Å². The number of alkyl halides is 3. The van der Waals surface area contributed by atoms with E-state index in [2.05, 4.69) is 10.5 Å². The molecule has 0 unspecified atom stereocenters. The number of rotatable bonds is 3. The third-order valence-electron chi connectivity index (χ3n) is 3.40. The highest BCUT2D eigenvalue weighted by molar-refractivity contribution is 5.89. The number of amides is 2. The average molecular weight is 344 g/mol. The van der Waals surface area contributed by atoms with Gasteiger partial charge in [-0.3, -0.25) is 4.79 Å². The molecule has 2 aromatic heterocycles. The Morgan fingerprint density at radius 2 is 2.08 bits per heavy atom. The summed E-state index contributed by atoms with van der Waals surface area (Å²) in [6, 6.07) is -0.152. The molecule has 10 heteroatoms. The van der Waals surface area contributed by atoms with E-state index in [1.54, 1.807) is 13.8 Å². The molecule has 0 fully saturated rings. The maximum Gasteiger partial charge on any atom is 0.417 e. The lowest BCUT2D eigenvalue weighted by atomic mass is 10.2.